The summed E-state index contributed by atoms with van der Waals surface area (Å²) in [6.07, 6.45) is 0. The monoisotopic (exact) mass is 245 g/mol. The van der Waals surface area contributed by atoms with E-state index in [9.17, 15) is 14.4 Å². The fourth-order valence-electron chi connectivity index (χ4n) is 0.850. The number of nitrogens with one attached hydrogen (secondary N) is 3. The van der Waals surface area contributed by atoms with Crippen LogP contribution in [-0.4, -0.2) is 63.0 Å². The zero-order valence-corrected chi connectivity index (χ0v) is 10.1. The second kappa shape index (κ2) is 8.34. The molecule has 0 saturated carbocycles. The first-order valence-electron chi connectivity index (χ1n) is 5.20. The molecule has 17 heavy (non-hydrogen) atoms. The molecule has 8 nitrogen and oxygen atoms in total. The Balaban J connectivity index is 3.64. The van der Waals surface area contributed by atoms with Crippen LogP contribution in [0.1, 0.15) is 0 Å². The lowest BCUT2D eigenvalue weighted by molar-refractivity contribution is -0.139. The minimum atomic E-state index is -0.738. The van der Waals surface area contributed by atoms with Gasteiger partial charge in [0.05, 0.1) is 0 Å². The van der Waals surface area contributed by atoms with E-state index in [1.54, 1.807) is 14.1 Å². The third-order valence-corrected chi connectivity index (χ3v) is 1.73. The lowest BCUT2D eigenvalue weighted by atomic mass is 10.5. The number of rotatable bonds is 5. The van der Waals surface area contributed by atoms with Crippen LogP contribution in [-0.2, 0) is 9.59 Å². The molecule has 0 aromatic carbocycles. The molecule has 8 heteroatoms. The summed E-state index contributed by atoms with van der Waals surface area (Å²) < 4.78 is 0. The molecule has 98 valence electrons. The highest BCUT2D eigenvalue weighted by atomic mass is 16.2. The second-order valence-corrected chi connectivity index (χ2v) is 3.43. The van der Waals surface area contributed by atoms with E-state index in [-0.39, 0.29) is 32.2 Å². The van der Waals surface area contributed by atoms with Gasteiger partial charge in [-0.3, -0.25) is 9.59 Å². The third-order valence-electron chi connectivity index (χ3n) is 1.73. The van der Waals surface area contributed by atoms with Crippen molar-refractivity contribution in [3.8, 4) is 0 Å². The minimum absolute atomic E-state index is 0.189. The van der Waals surface area contributed by atoms with Crippen LogP contribution in [0.4, 0.5) is 4.79 Å². The van der Waals surface area contributed by atoms with E-state index < -0.39 is 11.8 Å². The molecule has 0 unspecified atom stereocenters. The molecule has 0 atom stereocenters. The van der Waals surface area contributed by atoms with E-state index in [2.05, 4.69) is 16.0 Å². The summed E-state index contributed by atoms with van der Waals surface area (Å²) in [5.74, 6) is -1.47. The van der Waals surface area contributed by atoms with Crippen molar-refractivity contribution in [2.24, 2.45) is 5.73 Å². The highest BCUT2D eigenvalue weighted by Gasteiger charge is 2.11. The highest BCUT2D eigenvalue weighted by Crippen LogP contribution is 1.75. The van der Waals surface area contributed by atoms with E-state index in [4.69, 9.17) is 5.73 Å². The van der Waals surface area contributed by atoms with E-state index in [0.717, 1.165) is 0 Å². The normalized spacial score (nSPS) is 9.35. The Bertz CT molecular complexity index is 280. The SMILES string of the molecule is CN(C)C(=O)NCCNC(=O)C(=O)NCCN. The van der Waals surface area contributed by atoms with Crippen molar-refractivity contribution in [2.75, 3.05) is 40.3 Å². The number of hydrogen-bond acceptors (Lipinski definition) is 4. The lowest BCUT2D eigenvalue weighted by Crippen LogP contribution is -2.45. The predicted octanol–water partition coefficient (Wildman–Crippen LogP) is -2.55. The number of hydrogen-bond donors (Lipinski definition) is 4. The third kappa shape index (κ3) is 7.12. The van der Waals surface area contributed by atoms with E-state index in [1.165, 1.54) is 4.90 Å². The van der Waals surface area contributed by atoms with Crippen LogP contribution in [0.3, 0.4) is 0 Å². The first kappa shape index (κ1) is 15.2. The zero-order valence-electron chi connectivity index (χ0n) is 10.1. The Morgan fingerprint density at radius 1 is 0.941 bits per heavy atom. The lowest BCUT2D eigenvalue weighted by Gasteiger charge is -2.12. The van der Waals surface area contributed by atoms with Crippen molar-refractivity contribution >= 4 is 17.8 Å². The Morgan fingerprint density at radius 2 is 1.41 bits per heavy atom. The number of nitrogens with two attached hydrogens (primary N) is 1. The maximum atomic E-state index is 11.1. The van der Waals surface area contributed by atoms with Crippen molar-refractivity contribution in [3.05, 3.63) is 0 Å². The van der Waals surface area contributed by atoms with Gasteiger partial charge in [0.2, 0.25) is 0 Å². The summed E-state index contributed by atoms with van der Waals surface area (Å²) in [5, 5.41) is 7.23. The molecule has 0 aromatic rings. The molecule has 0 heterocycles. The molecule has 0 saturated heterocycles. The Kier molecular flexibility index (Phi) is 7.44. The van der Waals surface area contributed by atoms with Gasteiger partial charge in [-0.2, -0.15) is 0 Å². The summed E-state index contributed by atoms with van der Waals surface area (Å²) in [6.45, 7) is 0.975. The molecule has 0 aliphatic rings. The first-order chi connectivity index (χ1) is 7.99. The minimum Gasteiger partial charge on any atom is -0.347 e. The topological polar surface area (TPSA) is 117 Å². The molecule has 0 aromatic heterocycles. The summed E-state index contributed by atoms with van der Waals surface area (Å²) >= 11 is 0. The van der Waals surface area contributed by atoms with Crippen LogP contribution >= 0.6 is 0 Å². The molecule has 0 radical (unpaired) electrons. The van der Waals surface area contributed by atoms with Gasteiger partial charge in [0.25, 0.3) is 0 Å². The van der Waals surface area contributed by atoms with Crippen molar-refractivity contribution in [3.63, 3.8) is 0 Å². The van der Waals surface area contributed by atoms with Crippen molar-refractivity contribution < 1.29 is 14.4 Å². The highest BCUT2D eigenvalue weighted by molar-refractivity contribution is 6.35. The quantitative estimate of drug-likeness (QED) is 0.315. The Labute approximate surface area is 99.9 Å². The average Bonchev–Trinajstić information content (AvgIpc) is 2.30. The molecule has 4 amide bonds. The van der Waals surface area contributed by atoms with Gasteiger partial charge in [-0.1, -0.05) is 0 Å². The van der Waals surface area contributed by atoms with Gasteiger partial charge in [-0.15, -0.1) is 0 Å². The number of carbonyl (C=O) groups excluding carboxylic acids is 3. The van der Waals surface area contributed by atoms with Crippen LogP contribution in [0.15, 0.2) is 0 Å². The van der Waals surface area contributed by atoms with Crippen LogP contribution < -0.4 is 21.7 Å². The summed E-state index contributed by atoms with van der Waals surface area (Å²) in [6, 6.07) is -0.258. The maximum absolute atomic E-state index is 11.1. The molecule has 0 spiro atoms. The van der Waals surface area contributed by atoms with Crippen LogP contribution in [0.25, 0.3) is 0 Å². The molecule has 0 rings (SSSR count). The van der Waals surface area contributed by atoms with E-state index in [1.807, 2.05) is 0 Å². The van der Waals surface area contributed by atoms with Gasteiger partial charge in [-0.25, -0.2) is 4.79 Å². The summed E-state index contributed by atoms with van der Waals surface area (Å²) in [4.78, 5) is 34.6. The number of amides is 4. The van der Waals surface area contributed by atoms with Crippen LogP contribution in [0.2, 0.25) is 0 Å². The summed E-state index contributed by atoms with van der Waals surface area (Å²) in [5.41, 5.74) is 5.16. The second-order valence-electron chi connectivity index (χ2n) is 3.43. The van der Waals surface area contributed by atoms with Gasteiger partial charge in [-0.05, 0) is 0 Å². The molecule has 0 fully saturated rings. The Hall–Kier alpha value is -1.83. The predicted molar refractivity (Wildman–Crippen MR) is 62.2 cm³/mol. The maximum Gasteiger partial charge on any atom is 0.316 e. The zero-order chi connectivity index (χ0) is 13.3. The van der Waals surface area contributed by atoms with Gasteiger partial charge >= 0.3 is 17.8 Å². The number of nitrogens with zero attached hydrogens (tertiary/aromatic N) is 1. The van der Waals surface area contributed by atoms with Crippen LogP contribution in [0, 0.1) is 0 Å². The van der Waals surface area contributed by atoms with Gasteiger partial charge < -0.3 is 26.6 Å². The molecule has 0 bridgehead atoms. The molecular weight excluding hydrogens is 226 g/mol. The Morgan fingerprint density at radius 3 is 1.88 bits per heavy atom. The molecule has 0 aliphatic heterocycles. The molecular formula is C9H19N5O3. The van der Waals surface area contributed by atoms with Crippen LogP contribution in [0.5, 0.6) is 0 Å². The first-order valence-corrected chi connectivity index (χ1v) is 5.20. The van der Waals surface area contributed by atoms with E-state index >= 15 is 0 Å². The number of urea groups is 1. The van der Waals surface area contributed by atoms with Crippen molar-refractivity contribution in [2.45, 2.75) is 0 Å². The van der Waals surface area contributed by atoms with Crippen molar-refractivity contribution in [1.29, 1.82) is 0 Å². The fraction of sp³-hybridized carbons (Fsp3) is 0.667. The van der Waals surface area contributed by atoms with E-state index in [0.29, 0.717) is 0 Å². The van der Waals surface area contributed by atoms with Gasteiger partial charge in [0.1, 0.15) is 0 Å². The molecule has 5 N–H and O–H groups in total. The molecule has 0 aliphatic carbocycles. The van der Waals surface area contributed by atoms with Crippen molar-refractivity contribution in [1.82, 2.24) is 20.9 Å². The smallest absolute Gasteiger partial charge is 0.316 e. The largest absolute Gasteiger partial charge is 0.347 e. The number of carbonyl (C=O) groups is 3. The fourth-order valence-corrected chi connectivity index (χ4v) is 0.850. The van der Waals surface area contributed by atoms with Gasteiger partial charge in [0, 0.05) is 40.3 Å². The average molecular weight is 245 g/mol. The standard InChI is InChI=1S/C9H19N5O3/c1-14(2)9(17)13-6-5-12-8(16)7(15)11-4-3-10/h3-6,10H2,1-2H3,(H,11,15)(H,12,16)(H,13,17). The van der Waals surface area contributed by atoms with Gasteiger partial charge in [0.15, 0.2) is 0 Å². The summed E-state index contributed by atoms with van der Waals surface area (Å²) in [7, 11) is 3.21.